The second kappa shape index (κ2) is 13.7. The van der Waals surface area contributed by atoms with E-state index in [2.05, 4.69) is 41.4 Å². The van der Waals surface area contributed by atoms with Crippen molar-refractivity contribution in [1.29, 1.82) is 0 Å². The van der Waals surface area contributed by atoms with E-state index in [0.717, 1.165) is 44.3 Å². The predicted molar refractivity (Wildman–Crippen MR) is 130 cm³/mol. The molecule has 7 heteroatoms. The number of nitrogens with one attached hydrogen (secondary N) is 1. The van der Waals surface area contributed by atoms with Gasteiger partial charge < -0.3 is 24.1 Å². The highest BCUT2D eigenvalue weighted by Gasteiger charge is 2.26. The van der Waals surface area contributed by atoms with E-state index >= 15 is 0 Å². The molecule has 0 saturated carbocycles. The first-order chi connectivity index (χ1) is 14.3. The van der Waals surface area contributed by atoms with Gasteiger partial charge in [-0.2, -0.15) is 0 Å². The summed E-state index contributed by atoms with van der Waals surface area (Å²) < 4.78 is 16.2. The molecular formula is C23H34IN3O3. The Bertz CT molecular complexity index is 725. The summed E-state index contributed by atoms with van der Waals surface area (Å²) in [5.74, 6) is 2.46. The molecule has 166 valence electrons. The summed E-state index contributed by atoms with van der Waals surface area (Å²) in [5.41, 5.74) is 1.25. The number of furan rings is 1. The summed E-state index contributed by atoms with van der Waals surface area (Å²) in [6, 6.07) is 14.6. The molecule has 2 heterocycles. The van der Waals surface area contributed by atoms with Crippen LogP contribution in [0.15, 0.2) is 58.1 Å². The van der Waals surface area contributed by atoms with E-state index in [9.17, 15) is 0 Å². The molecule has 0 aliphatic carbocycles. The molecule has 0 spiro atoms. The molecule has 1 fully saturated rings. The van der Waals surface area contributed by atoms with Gasteiger partial charge in [-0.3, -0.25) is 4.99 Å². The largest absolute Gasteiger partial charge is 0.469 e. The Morgan fingerprint density at radius 3 is 2.80 bits per heavy atom. The fourth-order valence-electron chi connectivity index (χ4n) is 3.54. The summed E-state index contributed by atoms with van der Waals surface area (Å²) in [6.07, 6.45) is 3.63. The standard InChI is InChI=1S/C23H33N3O3.HI/c1-19(21-7-4-3-5-8-21)25-23(24-12-10-22-9-6-14-29-22)26-13-11-20(17-26)18-28-16-15-27-2;/h3-9,14,19-20H,10-13,15-18H2,1-2H3,(H,24,25);1H. The van der Waals surface area contributed by atoms with E-state index in [-0.39, 0.29) is 30.0 Å². The fourth-order valence-corrected chi connectivity index (χ4v) is 3.54. The monoisotopic (exact) mass is 527 g/mol. The number of guanidine groups is 1. The van der Waals surface area contributed by atoms with Crippen LogP contribution in [0.4, 0.5) is 0 Å². The van der Waals surface area contributed by atoms with Gasteiger partial charge in [0.25, 0.3) is 0 Å². The van der Waals surface area contributed by atoms with E-state index in [1.807, 2.05) is 18.2 Å². The Morgan fingerprint density at radius 2 is 2.07 bits per heavy atom. The summed E-state index contributed by atoms with van der Waals surface area (Å²) in [4.78, 5) is 7.25. The maximum atomic E-state index is 5.74. The Labute approximate surface area is 197 Å². The molecule has 1 aliphatic rings. The molecular weight excluding hydrogens is 493 g/mol. The number of hydrogen-bond acceptors (Lipinski definition) is 4. The highest BCUT2D eigenvalue weighted by Crippen LogP contribution is 2.19. The van der Waals surface area contributed by atoms with E-state index < -0.39 is 0 Å². The van der Waals surface area contributed by atoms with Crippen molar-refractivity contribution in [2.75, 3.05) is 46.6 Å². The van der Waals surface area contributed by atoms with E-state index in [1.54, 1.807) is 13.4 Å². The summed E-state index contributed by atoms with van der Waals surface area (Å²) in [5, 5.41) is 3.64. The summed E-state index contributed by atoms with van der Waals surface area (Å²) in [6.45, 7) is 6.90. The van der Waals surface area contributed by atoms with Crippen LogP contribution in [0.25, 0.3) is 0 Å². The molecule has 2 aromatic rings. The van der Waals surface area contributed by atoms with Crippen molar-refractivity contribution < 1.29 is 13.9 Å². The average molecular weight is 527 g/mol. The van der Waals surface area contributed by atoms with Crippen molar-refractivity contribution >= 4 is 29.9 Å². The van der Waals surface area contributed by atoms with Crippen molar-refractivity contribution in [2.45, 2.75) is 25.8 Å². The molecule has 6 nitrogen and oxygen atoms in total. The first-order valence-electron chi connectivity index (χ1n) is 10.5. The predicted octanol–water partition coefficient (Wildman–Crippen LogP) is 4.13. The minimum absolute atomic E-state index is 0. The third kappa shape index (κ3) is 7.92. The number of halogens is 1. The molecule has 2 atom stereocenters. The number of methoxy groups -OCH3 is 1. The topological polar surface area (TPSA) is 59.2 Å². The highest BCUT2D eigenvalue weighted by atomic mass is 127. The van der Waals surface area contributed by atoms with Crippen molar-refractivity contribution in [3.63, 3.8) is 0 Å². The Kier molecular flexibility index (Phi) is 11.2. The van der Waals surface area contributed by atoms with Crippen LogP contribution in [0.5, 0.6) is 0 Å². The molecule has 1 aromatic heterocycles. The highest BCUT2D eigenvalue weighted by molar-refractivity contribution is 14.0. The second-order valence-electron chi connectivity index (χ2n) is 7.48. The summed E-state index contributed by atoms with van der Waals surface area (Å²) in [7, 11) is 1.70. The third-order valence-corrected chi connectivity index (χ3v) is 5.22. The molecule has 1 saturated heterocycles. The van der Waals surface area contributed by atoms with Gasteiger partial charge in [0.05, 0.1) is 32.1 Å². The maximum Gasteiger partial charge on any atom is 0.194 e. The fraction of sp³-hybridized carbons (Fsp3) is 0.522. The van der Waals surface area contributed by atoms with Crippen molar-refractivity contribution in [3.8, 4) is 0 Å². The zero-order chi connectivity index (χ0) is 20.3. The van der Waals surface area contributed by atoms with Crippen molar-refractivity contribution in [3.05, 3.63) is 60.1 Å². The lowest BCUT2D eigenvalue weighted by Gasteiger charge is -2.25. The SMILES string of the molecule is COCCOCC1CCN(C(=NCCc2ccco2)NC(C)c2ccccc2)C1.I. The minimum atomic E-state index is 0. The minimum Gasteiger partial charge on any atom is -0.469 e. The third-order valence-electron chi connectivity index (χ3n) is 5.22. The number of aliphatic imine (C=N–C) groups is 1. The van der Waals surface area contributed by atoms with Crippen LogP contribution in [0.1, 0.15) is 30.7 Å². The van der Waals surface area contributed by atoms with Gasteiger partial charge in [0.1, 0.15) is 5.76 Å². The lowest BCUT2D eigenvalue weighted by molar-refractivity contribution is 0.0536. The number of ether oxygens (including phenoxy) is 2. The smallest absolute Gasteiger partial charge is 0.194 e. The van der Waals surface area contributed by atoms with Gasteiger partial charge in [0.15, 0.2) is 5.96 Å². The molecule has 1 aliphatic heterocycles. The molecule has 1 N–H and O–H groups in total. The lowest BCUT2D eigenvalue weighted by Crippen LogP contribution is -2.41. The van der Waals surface area contributed by atoms with Crippen LogP contribution < -0.4 is 5.32 Å². The van der Waals surface area contributed by atoms with Gasteiger partial charge in [-0.15, -0.1) is 24.0 Å². The van der Waals surface area contributed by atoms with E-state index in [0.29, 0.717) is 25.7 Å². The number of nitrogens with zero attached hydrogens (tertiary/aromatic N) is 2. The zero-order valence-corrected chi connectivity index (χ0v) is 20.3. The molecule has 0 radical (unpaired) electrons. The quantitative estimate of drug-likeness (QED) is 0.218. The maximum absolute atomic E-state index is 5.74. The number of likely N-dealkylation sites (tertiary alicyclic amines) is 1. The van der Waals surface area contributed by atoms with Crippen molar-refractivity contribution in [2.24, 2.45) is 10.9 Å². The number of hydrogen-bond donors (Lipinski definition) is 1. The molecule has 3 rings (SSSR count). The lowest BCUT2D eigenvalue weighted by atomic mass is 10.1. The van der Waals surface area contributed by atoms with Crippen LogP contribution in [-0.2, 0) is 15.9 Å². The van der Waals surface area contributed by atoms with E-state index in [1.165, 1.54) is 5.56 Å². The zero-order valence-electron chi connectivity index (χ0n) is 18.0. The van der Waals surface area contributed by atoms with Crippen LogP contribution in [0, 0.1) is 5.92 Å². The Hall–Kier alpha value is -1.58. The van der Waals surface area contributed by atoms with Gasteiger partial charge >= 0.3 is 0 Å². The Balaban J connectivity index is 0.00000320. The van der Waals surface area contributed by atoms with Crippen LogP contribution in [-0.4, -0.2) is 57.4 Å². The van der Waals surface area contributed by atoms with Gasteiger partial charge in [-0.05, 0) is 31.0 Å². The van der Waals surface area contributed by atoms with Gasteiger partial charge in [-0.25, -0.2) is 0 Å². The number of rotatable bonds is 10. The molecule has 0 amide bonds. The summed E-state index contributed by atoms with van der Waals surface area (Å²) >= 11 is 0. The average Bonchev–Trinajstić information content (AvgIpc) is 3.43. The second-order valence-corrected chi connectivity index (χ2v) is 7.48. The normalized spacial score (nSPS) is 17.6. The van der Waals surface area contributed by atoms with E-state index in [4.69, 9.17) is 18.9 Å². The van der Waals surface area contributed by atoms with Crippen LogP contribution >= 0.6 is 24.0 Å². The van der Waals surface area contributed by atoms with Gasteiger partial charge in [0, 0.05) is 39.1 Å². The molecule has 2 unspecified atom stereocenters. The van der Waals surface area contributed by atoms with Crippen molar-refractivity contribution in [1.82, 2.24) is 10.2 Å². The van der Waals surface area contributed by atoms with Crippen LogP contribution in [0.3, 0.4) is 0 Å². The van der Waals surface area contributed by atoms with Gasteiger partial charge in [0.2, 0.25) is 0 Å². The Morgan fingerprint density at radius 1 is 1.23 bits per heavy atom. The first kappa shape index (κ1) is 24.7. The van der Waals surface area contributed by atoms with Crippen LogP contribution in [0.2, 0.25) is 0 Å². The molecule has 30 heavy (non-hydrogen) atoms. The van der Waals surface area contributed by atoms with Gasteiger partial charge in [-0.1, -0.05) is 30.3 Å². The molecule has 1 aromatic carbocycles. The first-order valence-corrected chi connectivity index (χ1v) is 10.5. The number of benzene rings is 1. The molecule has 0 bridgehead atoms.